The third-order valence-electron chi connectivity index (χ3n) is 2.41. The number of hydrogen-bond acceptors (Lipinski definition) is 3. The minimum atomic E-state index is -0.384. The molecule has 0 fully saturated rings. The molecule has 18 heavy (non-hydrogen) atoms. The molecule has 3 N–H and O–H groups in total. The molecule has 1 amide bonds. The molecule has 0 saturated heterocycles. The van der Waals surface area contributed by atoms with E-state index in [4.69, 9.17) is 5.73 Å². The van der Waals surface area contributed by atoms with Crippen molar-refractivity contribution in [3.05, 3.63) is 59.7 Å². The van der Waals surface area contributed by atoms with Crippen LogP contribution in [0.2, 0.25) is 0 Å². The van der Waals surface area contributed by atoms with Gasteiger partial charge in [-0.15, -0.1) is 0 Å². The van der Waals surface area contributed by atoms with Crippen molar-refractivity contribution >= 4 is 11.6 Å². The predicted octanol–water partition coefficient (Wildman–Crippen LogP) is 1.73. The molecule has 0 aliphatic carbocycles. The Labute approximate surface area is 104 Å². The number of aromatic nitrogens is 1. The number of anilines is 1. The van der Waals surface area contributed by atoms with Crippen LogP contribution in [0.1, 0.15) is 16.1 Å². The van der Waals surface area contributed by atoms with Crippen molar-refractivity contribution in [2.45, 2.75) is 6.54 Å². The maximum Gasteiger partial charge on any atom is 0.270 e. The van der Waals surface area contributed by atoms with Gasteiger partial charge in [-0.3, -0.25) is 9.78 Å². The highest BCUT2D eigenvalue weighted by Gasteiger charge is 2.08. The first kappa shape index (κ1) is 12.0. The maximum absolute atomic E-state index is 13.3. The van der Waals surface area contributed by atoms with Gasteiger partial charge in [0, 0.05) is 24.0 Å². The van der Waals surface area contributed by atoms with Gasteiger partial charge in [0.15, 0.2) is 0 Å². The number of carbonyl (C=O) groups is 1. The minimum absolute atomic E-state index is 0.113. The van der Waals surface area contributed by atoms with Crippen molar-refractivity contribution in [2.24, 2.45) is 0 Å². The molecule has 0 aliphatic rings. The summed E-state index contributed by atoms with van der Waals surface area (Å²) in [6.45, 7) is 0.113. The van der Waals surface area contributed by atoms with Gasteiger partial charge in [0.25, 0.3) is 5.91 Å². The van der Waals surface area contributed by atoms with Gasteiger partial charge in [-0.25, -0.2) is 4.39 Å². The van der Waals surface area contributed by atoms with Gasteiger partial charge in [0.2, 0.25) is 0 Å². The smallest absolute Gasteiger partial charge is 0.270 e. The van der Waals surface area contributed by atoms with E-state index in [9.17, 15) is 9.18 Å². The minimum Gasteiger partial charge on any atom is -0.399 e. The Hall–Kier alpha value is -2.43. The second kappa shape index (κ2) is 5.27. The van der Waals surface area contributed by atoms with Crippen molar-refractivity contribution in [1.29, 1.82) is 0 Å². The fourth-order valence-corrected chi connectivity index (χ4v) is 1.48. The number of benzene rings is 1. The molecule has 0 saturated carbocycles. The van der Waals surface area contributed by atoms with Crippen LogP contribution in [0.25, 0.3) is 0 Å². The second-order valence-electron chi connectivity index (χ2n) is 3.75. The lowest BCUT2D eigenvalue weighted by Crippen LogP contribution is -2.24. The van der Waals surface area contributed by atoms with Crippen LogP contribution in [-0.2, 0) is 6.54 Å². The summed E-state index contributed by atoms with van der Waals surface area (Å²) in [5.41, 5.74) is 6.65. The zero-order valence-electron chi connectivity index (χ0n) is 9.56. The van der Waals surface area contributed by atoms with Crippen LogP contribution in [0.3, 0.4) is 0 Å². The Morgan fingerprint density at radius 3 is 2.83 bits per heavy atom. The topological polar surface area (TPSA) is 68.0 Å². The number of nitrogens with two attached hydrogens (primary N) is 1. The van der Waals surface area contributed by atoms with Crippen molar-refractivity contribution in [2.75, 3.05) is 5.73 Å². The number of halogens is 1. The summed E-state index contributed by atoms with van der Waals surface area (Å²) < 4.78 is 13.3. The molecule has 1 aromatic carbocycles. The van der Waals surface area contributed by atoms with E-state index in [-0.39, 0.29) is 24.0 Å². The van der Waals surface area contributed by atoms with E-state index in [1.165, 1.54) is 18.3 Å². The molecule has 0 aliphatic heterocycles. The third-order valence-corrected chi connectivity index (χ3v) is 2.41. The van der Waals surface area contributed by atoms with Crippen LogP contribution < -0.4 is 11.1 Å². The molecule has 2 rings (SSSR count). The molecule has 1 aromatic heterocycles. The quantitative estimate of drug-likeness (QED) is 0.865. The van der Waals surface area contributed by atoms with Crippen LogP contribution in [0, 0.1) is 5.82 Å². The van der Waals surface area contributed by atoms with E-state index in [0.717, 1.165) is 0 Å². The zero-order valence-corrected chi connectivity index (χ0v) is 9.56. The molecular weight excluding hydrogens is 233 g/mol. The maximum atomic E-state index is 13.3. The Balaban J connectivity index is 2.03. The molecule has 4 nitrogen and oxygen atoms in total. The van der Waals surface area contributed by atoms with E-state index >= 15 is 0 Å². The lowest BCUT2D eigenvalue weighted by Gasteiger charge is -2.06. The third kappa shape index (κ3) is 2.82. The summed E-state index contributed by atoms with van der Waals surface area (Å²) in [4.78, 5) is 15.6. The molecule has 5 heteroatoms. The number of rotatable bonds is 3. The van der Waals surface area contributed by atoms with Crippen LogP contribution in [0.15, 0.2) is 42.6 Å². The molecule has 0 bridgehead atoms. The van der Waals surface area contributed by atoms with E-state index in [1.807, 2.05) is 0 Å². The van der Waals surface area contributed by atoms with Gasteiger partial charge in [-0.2, -0.15) is 0 Å². The fourth-order valence-electron chi connectivity index (χ4n) is 1.48. The number of nitrogens with one attached hydrogen (secondary N) is 1. The number of carbonyl (C=O) groups excluding carboxylic acids is 1. The molecule has 1 heterocycles. The highest BCUT2D eigenvalue weighted by molar-refractivity contribution is 5.92. The largest absolute Gasteiger partial charge is 0.399 e. The molecule has 0 spiro atoms. The first-order chi connectivity index (χ1) is 8.66. The Morgan fingerprint density at radius 1 is 1.33 bits per heavy atom. The van der Waals surface area contributed by atoms with Crippen LogP contribution in [0.5, 0.6) is 0 Å². The Bertz CT molecular complexity index is 572. The Morgan fingerprint density at radius 2 is 2.11 bits per heavy atom. The first-order valence-corrected chi connectivity index (χ1v) is 5.40. The van der Waals surface area contributed by atoms with Crippen LogP contribution >= 0.6 is 0 Å². The average molecular weight is 245 g/mol. The Kier molecular flexibility index (Phi) is 3.52. The predicted molar refractivity (Wildman–Crippen MR) is 66.2 cm³/mol. The van der Waals surface area contributed by atoms with Crippen LogP contribution in [-0.4, -0.2) is 10.9 Å². The summed E-state index contributed by atoms with van der Waals surface area (Å²) in [6, 6.07) is 9.33. The number of hydrogen-bond donors (Lipinski definition) is 2. The van der Waals surface area contributed by atoms with Crippen LogP contribution in [0.4, 0.5) is 10.1 Å². The highest BCUT2D eigenvalue weighted by atomic mass is 19.1. The summed E-state index contributed by atoms with van der Waals surface area (Å²) in [6.07, 6.45) is 1.45. The molecule has 0 radical (unpaired) electrons. The van der Waals surface area contributed by atoms with Gasteiger partial charge in [-0.05, 0) is 18.2 Å². The number of nitrogen functional groups attached to an aromatic ring is 1. The number of pyridine rings is 1. The lowest BCUT2D eigenvalue weighted by atomic mass is 10.2. The molecular formula is C13H12FN3O. The zero-order chi connectivity index (χ0) is 13.0. The van der Waals surface area contributed by atoms with Gasteiger partial charge in [0.05, 0.1) is 0 Å². The van der Waals surface area contributed by atoms with E-state index in [2.05, 4.69) is 10.3 Å². The molecule has 92 valence electrons. The number of amides is 1. The van der Waals surface area contributed by atoms with Gasteiger partial charge < -0.3 is 11.1 Å². The highest BCUT2D eigenvalue weighted by Crippen LogP contribution is 2.07. The van der Waals surface area contributed by atoms with Crippen molar-refractivity contribution in [3.8, 4) is 0 Å². The summed E-state index contributed by atoms with van der Waals surface area (Å²) in [7, 11) is 0. The van der Waals surface area contributed by atoms with Gasteiger partial charge in [-0.1, -0.05) is 18.2 Å². The van der Waals surface area contributed by atoms with E-state index < -0.39 is 0 Å². The second-order valence-corrected chi connectivity index (χ2v) is 3.75. The standard InChI is InChI=1S/C13H12FN3O/c14-11-4-2-1-3-9(11)8-17-13(18)12-7-10(15)5-6-16-12/h1-7H,8H2,(H2,15,16)(H,17,18). The van der Waals surface area contributed by atoms with Crippen molar-refractivity contribution in [1.82, 2.24) is 10.3 Å². The van der Waals surface area contributed by atoms with Gasteiger partial charge >= 0.3 is 0 Å². The summed E-state index contributed by atoms with van der Waals surface area (Å²) in [5, 5.41) is 2.59. The number of nitrogens with zero attached hydrogens (tertiary/aromatic N) is 1. The summed E-state index contributed by atoms with van der Waals surface area (Å²) in [5.74, 6) is -0.733. The van der Waals surface area contributed by atoms with E-state index in [1.54, 1.807) is 24.3 Å². The monoisotopic (exact) mass is 245 g/mol. The van der Waals surface area contributed by atoms with Crippen molar-refractivity contribution in [3.63, 3.8) is 0 Å². The lowest BCUT2D eigenvalue weighted by molar-refractivity contribution is 0.0945. The van der Waals surface area contributed by atoms with E-state index in [0.29, 0.717) is 11.3 Å². The first-order valence-electron chi connectivity index (χ1n) is 5.40. The summed E-state index contributed by atoms with van der Waals surface area (Å²) >= 11 is 0. The van der Waals surface area contributed by atoms with Crippen molar-refractivity contribution < 1.29 is 9.18 Å². The normalized spacial score (nSPS) is 10.1. The molecule has 0 unspecified atom stereocenters. The SMILES string of the molecule is Nc1ccnc(C(=O)NCc2ccccc2F)c1. The van der Waals surface area contributed by atoms with Gasteiger partial charge in [0.1, 0.15) is 11.5 Å². The fraction of sp³-hybridized carbons (Fsp3) is 0.0769. The molecule has 0 atom stereocenters. The molecule has 2 aromatic rings. The average Bonchev–Trinajstić information content (AvgIpc) is 2.37.